The summed E-state index contributed by atoms with van der Waals surface area (Å²) >= 11 is 1.39. The number of thioether (sulfide) groups is 1. The van der Waals surface area contributed by atoms with Gasteiger partial charge in [0.2, 0.25) is 0 Å². The van der Waals surface area contributed by atoms with Gasteiger partial charge in [-0.1, -0.05) is 11.8 Å². The number of halogens is 2. The molecule has 0 fully saturated rings. The Hall–Kier alpha value is -2.72. The van der Waals surface area contributed by atoms with Crippen LogP contribution in [0, 0.1) is 23.0 Å². The number of benzene rings is 2. The number of hydrogen-bond donors (Lipinski definition) is 0. The van der Waals surface area contributed by atoms with Crippen LogP contribution in [0.5, 0.6) is 0 Å². The molecule has 0 aliphatic rings. The molecule has 3 rings (SSSR count). The van der Waals surface area contributed by atoms with Crippen LogP contribution in [-0.4, -0.2) is 20.5 Å². The lowest BCUT2D eigenvalue weighted by molar-refractivity contribution is 0.626. The van der Waals surface area contributed by atoms with Gasteiger partial charge in [-0.25, -0.2) is 8.78 Å². The first-order valence-electron chi connectivity index (χ1n) is 7.16. The Morgan fingerprint density at radius 3 is 2.21 bits per heavy atom. The molecule has 2 aromatic carbocycles. The summed E-state index contributed by atoms with van der Waals surface area (Å²) < 4.78 is 28.2. The fourth-order valence-corrected chi connectivity index (χ4v) is 2.96. The molecular formula is C17H12F2N4S. The predicted octanol–water partition coefficient (Wildman–Crippen LogP) is 4.22. The van der Waals surface area contributed by atoms with Crippen molar-refractivity contribution < 1.29 is 8.78 Å². The summed E-state index contributed by atoms with van der Waals surface area (Å²) in [5, 5.41) is 17.6. The van der Waals surface area contributed by atoms with Crippen molar-refractivity contribution in [2.24, 2.45) is 0 Å². The molecule has 7 heteroatoms. The first-order valence-corrected chi connectivity index (χ1v) is 8.14. The smallest absolute Gasteiger partial charge is 0.196 e. The monoisotopic (exact) mass is 342 g/mol. The second kappa shape index (κ2) is 7.23. The van der Waals surface area contributed by atoms with Crippen molar-refractivity contribution in [1.82, 2.24) is 14.8 Å². The lowest BCUT2D eigenvalue weighted by atomic mass is 10.2. The van der Waals surface area contributed by atoms with Crippen molar-refractivity contribution in [3.8, 4) is 23.1 Å². The van der Waals surface area contributed by atoms with Gasteiger partial charge in [-0.2, -0.15) is 5.26 Å². The van der Waals surface area contributed by atoms with Crippen LogP contribution in [0.3, 0.4) is 0 Å². The number of rotatable bonds is 5. The van der Waals surface area contributed by atoms with E-state index in [2.05, 4.69) is 16.3 Å². The van der Waals surface area contributed by atoms with Gasteiger partial charge in [-0.15, -0.1) is 10.2 Å². The van der Waals surface area contributed by atoms with Crippen LogP contribution in [0.1, 0.15) is 6.42 Å². The van der Waals surface area contributed by atoms with Crippen molar-refractivity contribution in [3.63, 3.8) is 0 Å². The molecule has 0 aliphatic carbocycles. The fourth-order valence-electron chi connectivity index (χ4n) is 2.16. The highest BCUT2D eigenvalue weighted by Crippen LogP contribution is 2.28. The molecule has 120 valence electrons. The molecular weight excluding hydrogens is 330 g/mol. The minimum atomic E-state index is -0.339. The van der Waals surface area contributed by atoms with Gasteiger partial charge in [-0.3, -0.25) is 4.57 Å². The Morgan fingerprint density at radius 2 is 1.58 bits per heavy atom. The molecule has 0 amide bonds. The maximum atomic E-state index is 13.2. The Bertz CT molecular complexity index is 867. The number of hydrogen-bond acceptors (Lipinski definition) is 4. The highest BCUT2D eigenvalue weighted by molar-refractivity contribution is 7.99. The summed E-state index contributed by atoms with van der Waals surface area (Å²) in [6.45, 7) is 0. The average Bonchev–Trinajstić information content (AvgIpc) is 3.00. The van der Waals surface area contributed by atoms with Gasteiger partial charge in [0, 0.05) is 23.4 Å². The molecule has 1 heterocycles. The Balaban J connectivity index is 2.07. The van der Waals surface area contributed by atoms with E-state index < -0.39 is 0 Å². The maximum Gasteiger partial charge on any atom is 0.196 e. The van der Waals surface area contributed by atoms with E-state index in [1.807, 2.05) is 0 Å². The van der Waals surface area contributed by atoms with Crippen LogP contribution in [-0.2, 0) is 0 Å². The van der Waals surface area contributed by atoms with E-state index in [1.54, 1.807) is 28.8 Å². The predicted molar refractivity (Wildman–Crippen MR) is 87.7 cm³/mol. The van der Waals surface area contributed by atoms with E-state index in [9.17, 15) is 8.78 Å². The van der Waals surface area contributed by atoms with Gasteiger partial charge in [0.05, 0.1) is 6.07 Å². The zero-order chi connectivity index (χ0) is 16.9. The third-order valence-electron chi connectivity index (χ3n) is 3.27. The first kappa shape index (κ1) is 16.1. The maximum absolute atomic E-state index is 13.2. The van der Waals surface area contributed by atoms with Crippen LogP contribution >= 0.6 is 11.8 Å². The van der Waals surface area contributed by atoms with Crippen LogP contribution < -0.4 is 0 Å². The minimum Gasteiger partial charge on any atom is -0.270 e. The summed E-state index contributed by atoms with van der Waals surface area (Å²) in [5.41, 5.74) is 1.39. The van der Waals surface area contributed by atoms with Crippen molar-refractivity contribution in [1.29, 1.82) is 5.26 Å². The van der Waals surface area contributed by atoms with Crippen LogP contribution in [0.2, 0.25) is 0 Å². The molecule has 0 saturated heterocycles. The van der Waals surface area contributed by atoms with Gasteiger partial charge >= 0.3 is 0 Å². The lowest BCUT2D eigenvalue weighted by Crippen LogP contribution is -2.00. The van der Waals surface area contributed by atoms with Gasteiger partial charge in [0.15, 0.2) is 11.0 Å². The normalized spacial score (nSPS) is 10.5. The standard InChI is InChI=1S/C17H12F2N4S/c18-13-4-2-12(3-5-13)16-21-22-17(24-11-1-10-20)23(16)15-8-6-14(19)7-9-15/h2-9H,1,11H2. The summed E-state index contributed by atoms with van der Waals surface area (Å²) in [4.78, 5) is 0. The summed E-state index contributed by atoms with van der Waals surface area (Å²) in [5.74, 6) is 0.421. The molecule has 24 heavy (non-hydrogen) atoms. The molecule has 0 unspecified atom stereocenters. The van der Waals surface area contributed by atoms with E-state index in [-0.39, 0.29) is 11.6 Å². The Kier molecular flexibility index (Phi) is 4.87. The van der Waals surface area contributed by atoms with E-state index in [0.29, 0.717) is 34.4 Å². The van der Waals surface area contributed by atoms with Crippen LogP contribution in [0.25, 0.3) is 17.1 Å². The molecule has 4 nitrogen and oxygen atoms in total. The molecule has 1 aromatic heterocycles. The topological polar surface area (TPSA) is 54.5 Å². The fraction of sp³-hybridized carbons (Fsp3) is 0.118. The van der Waals surface area contributed by atoms with Gasteiger partial charge in [-0.05, 0) is 48.5 Å². The number of nitrogens with zero attached hydrogens (tertiary/aromatic N) is 4. The van der Waals surface area contributed by atoms with Gasteiger partial charge < -0.3 is 0 Å². The molecule has 3 aromatic rings. The largest absolute Gasteiger partial charge is 0.270 e. The molecule has 0 aliphatic heterocycles. The van der Waals surface area contributed by atoms with Crippen molar-refractivity contribution in [3.05, 3.63) is 60.2 Å². The Labute approximate surface area is 141 Å². The van der Waals surface area contributed by atoms with E-state index in [1.165, 1.54) is 36.0 Å². The second-order valence-electron chi connectivity index (χ2n) is 4.88. The molecule has 0 radical (unpaired) electrons. The van der Waals surface area contributed by atoms with Crippen LogP contribution in [0.15, 0.2) is 53.7 Å². The number of nitriles is 1. The average molecular weight is 342 g/mol. The van der Waals surface area contributed by atoms with Crippen molar-refractivity contribution in [2.45, 2.75) is 11.6 Å². The highest BCUT2D eigenvalue weighted by atomic mass is 32.2. The van der Waals surface area contributed by atoms with Crippen molar-refractivity contribution >= 4 is 11.8 Å². The first-order chi connectivity index (χ1) is 11.7. The zero-order valence-corrected chi connectivity index (χ0v) is 13.3. The van der Waals surface area contributed by atoms with E-state index in [4.69, 9.17) is 5.26 Å². The lowest BCUT2D eigenvalue weighted by Gasteiger charge is -2.10. The number of aromatic nitrogens is 3. The summed E-state index contributed by atoms with van der Waals surface area (Å²) in [6.07, 6.45) is 0.382. The third kappa shape index (κ3) is 3.44. The summed E-state index contributed by atoms with van der Waals surface area (Å²) in [6, 6.07) is 14.0. The zero-order valence-electron chi connectivity index (χ0n) is 12.5. The molecule has 0 bridgehead atoms. The van der Waals surface area contributed by atoms with E-state index >= 15 is 0 Å². The van der Waals surface area contributed by atoms with Gasteiger partial charge in [0.25, 0.3) is 0 Å². The molecule has 0 N–H and O–H groups in total. The summed E-state index contributed by atoms with van der Waals surface area (Å²) in [7, 11) is 0. The Morgan fingerprint density at radius 1 is 0.958 bits per heavy atom. The molecule has 0 spiro atoms. The second-order valence-corrected chi connectivity index (χ2v) is 5.94. The third-order valence-corrected chi connectivity index (χ3v) is 4.20. The van der Waals surface area contributed by atoms with Gasteiger partial charge in [0.1, 0.15) is 11.6 Å². The van der Waals surface area contributed by atoms with Crippen molar-refractivity contribution in [2.75, 3.05) is 5.75 Å². The van der Waals surface area contributed by atoms with E-state index in [0.717, 1.165) is 0 Å². The van der Waals surface area contributed by atoms with Crippen LogP contribution in [0.4, 0.5) is 8.78 Å². The SMILES string of the molecule is N#CCCSc1nnc(-c2ccc(F)cc2)n1-c1ccc(F)cc1. The molecule has 0 atom stereocenters. The quantitative estimate of drug-likeness (QED) is 0.515. The highest BCUT2D eigenvalue weighted by Gasteiger charge is 2.16. The molecule has 0 saturated carbocycles. The minimum absolute atomic E-state index is 0.338.